The Balaban J connectivity index is 1.63. The maximum Gasteiger partial charge on any atom is 0.120 e. The van der Waals surface area contributed by atoms with Gasteiger partial charge in [0.1, 0.15) is 5.75 Å². The third-order valence-electron chi connectivity index (χ3n) is 7.01. The van der Waals surface area contributed by atoms with Gasteiger partial charge in [0.25, 0.3) is 0 Å². The summed E-state index contributed by atoms with van der Waals surface area (Å²) in [5.74, 6) is 0.326. The van der Waals surface area contributed by atoms with Crippen molar-refractivity contribution in [1.82, 2.24) is 0 Å². The quantitative estimate of drug-likeness (QED) is 0.267. The van der Waals surface area contributed by atoms with E-state index >= 15 is 0 Å². The van der Waals surface area contributed by atoms with E-state index in [4.69, 9.17) is 4.99 Å². The smallest absolute Gasteiger partial charge is 0.120 e. The van der Waals surface area contributed by atoms with E-state index in [0.29, 0.717) is 5.75 Å². The summed E-state index contributed by atoms with van der Waals surface area (Å²) >= 11 is 0. The fraction of sp³-hybridized carbons (Fsp3) is 0.0938. The van der Waals surface area contributed by atoms with Crippen LogP contribution in [0.25, 0.3) is 10.8 Å². The first kappa shape index (κ1) is 21.8. The first-order valence-corrected chi connectivity index (χ1v) is 13.5. The van der Waals surface area contributed by atoms with Crippen LogP contribution in [0.1, 0.15) is 17.5 Å². The summed E-state index contributed by atoms with van der Waals surface area (Å²) in [6, 6.07) is 44.0. The van der Waals surface area contributed by atoms with Crippen LogP contribution in [0.4, 0.5) is 5.69 Å². The Morgan fingerprint density at radius 3 is 2.09 bits per heavy atom. The van der Waals surface area contributed by atoms with Crippen LogP contribution >= 0.6 is 7.92 Å². The fourth-order valence-corrected chi connectivity index (χ4v) is 8.22. The first-order valence-electron chi connectivity index (χ1n) is 12.0. The van der Waals surface area contributed by atoms with E-state index in [0.717, 1.165) is 29.3 Å². The van der Waals surface area contributed by atoms with Crippen LogP contribution < -0.4 is 5.30 Å². The molecule has 1 saturated heterocycles. The minimum Gasteiger partial charge on any atom is -0.508 e. The van der Waals surface area contributed by atoms with Gasteiger partial charge in [0.2, 0.25) is 0 Å². The second kappa shape index (κ2) is 9.13. The number of aliphatic imine (C=N–C) groups is 1. The number of fused-ring (bicyclic) bond motifs is 1. The highest BCUT2D eigenvalue weighted by Gasteiger charge is 2.49. The number of phenolic OH excluding ortho intramolecular Hbond substituents is 1. The van der Waals surface area contributed by atoms with Crippen molar-refractivity contribution < 1.29 is 5.11 Å². The highest BCUT2D eigenvalue weighted by atomic mass is 31.1. The molecule has 0 saturated carbocycles. The summed E-state index contributed by atoms with van der Waals surface area (Å²) in [4.78, 5) is 5.45. The Labute approximate surface area is 207 Å². The van der Waals surface area contributed by atoms with Gasteiger partial charge in [-0.05, 0) is 60.3 Å². The van der Waals surface area contributed by atoms with Gasteiger partial charge in [0.15, 0.2) is 0 Å². The molecule has 0 bridgehead atoms. The van der Waals surface area contributed by atoms with Gasteiger partial charge in [-0.1, -0.05) is 109 Å². The topological polar surface area (TPSA) is 32.6 Å². The molecule has 1 aliphatic rings. The molecule has 5 aromatic carbocycles. The van der Waals surface area contributed by atoms with Crippen LogP contribution in [-0.4, -0.2) is 16.7 Å². The minimum absolute atomic E-state index is 0.326. The maximum atomic E-state index is 11.1. The van der Waals surface area contributed by atoms with Crippen molar-refractivity contribution >= 4 is 35.1 Å². The summed E-state index contributed by atoms with van der Waals surface area (Å²) in [6.07, 6.45) is 1.93. The molecule has 0 radical (unpaired) electrons. The minimum atomic E-state index is -0.679. The lowest BCUT2D eigenvalue weighted by Crippen LogP contribution is -2.33. The van der Waals surface area contributed by atoms with Crippen molar-refractivity contribution in [3.8, 4) is 5.75 Å². The largest absolute Gasteiger partial charge is 0.508 e. The first-order chi connectivity index (χ1) is 17.3. The molecule has 35 heavy (non-hydrogen) atoms. The van der Waals surface area contributed by atoms with Crippen LogP contribution in [0.5, 0.6) is 5.75 Å². The average Bonchev–Trinajstić information content (AvgIpc) is 3.29. The Hall–Kier alpha value is -3.74. The molecule has 1 aliphatic heterocycles. The third kappa shape index (κ3) is 3.85. The standard InChI is InChI=1S/C32H26NOP/c34-30-18-10-9-17-29(30)32(26-13-3-1-4-14-26)21-22-35(28-15-5-2-6-16-28)31(32)33-27-20-19-24-11-7-8-12-25(24)23-27/h1-20,23,34H,21-22H2. The molecule has 0 amide bonds. The molecule has 1 heterocycles. The van der Waals surface area contributed by atoms with E-state index in [9.17, 15) is 5.11 Å². The SMILES string of the molecule is Oc1ccccc1C1(c2ccccc2)CCP(c2ccccc2)C1=Nc1ccc2ccccc2c1. The second-order valence-corrected chi connectivity index (χ2v) is 11.2. The predicted molar refractivity (Wildman–Crippen MR) is 149 cm³/mol. The maximum absolute atomic E-state index is 11.1. The van der Waals surface area contributed by atoms with E-state index in [1.807, 2.05) is 12.1 Å². The molecule has 2 unspecified atom stereocenters. The van der Waals surface area contributed by atoms with E-state index < -0.39 is 13.3 Å². The summed E-state index contributed by atoms with van der Waals surface area (Å²) in [5, 5.41) is 14.9. The van der Waals surface area contributed by atoms with E-state index in [2.05, 4.69) is 109 Å². The average molecular weight is 472 g/mol. The van der Waals surface area contributed by atoms with Crippen molar-refractivity contribution in [2.45, 2.75) is 11.8 Å². The molecule has 2 atom stereocenters. The van der Waals surface area contributed by atoms with E-state index in [1.54, 1.807) is 6.07 Å². The Kier molecular flexibility index (Phi) is 5.68. The Bertz CT molecular complexity index is 1510. The van der Waals surface area contributed by atoms with Gasteiger partial charge < -0.3 is 5.11 Å². The van der Waals surface area contributed by atoms with Gasteiger partial charge in [-0.3, -0.25) is 4.99 Å². The van der Waals surface area contributed by atoms with Gasteiger partial charge >= 0.3 is 0 Å². The number of phenols is 1. The molecule has 170 valence electrons. The molecule has 1 N–H and O–H groups in total. The summed E-state index contributed by atoms with van der Waals surface area (Å²) in [6.45, 7) is 0. The summed E-state index contributed by atoms with van der Waals surface area (Å²) in [5.41, 5.74) is 3.75. The number of hydrogen-bond acceptors (Lipinski definition) is 2. The summed E-state index contributed by atoms with van der Waals surface area (Å²) in [7, 11) is -0.679. The molecule has 6 rings (SSSR count). The highest BCUT2D eigenvalue weighted by molar-refractivity contribution is 7.82. The number of hydrogen-bond donors (Lipinski definition) is 1. The number of aromatic hydroxyl groups is 1. The molecule has 0 aliphatic carbocycles. The van der Waals surface area contributed by atoms with Crippen LogP contribution in [0.2, 0.25) is 0 Å². The van der Waals surface area contributed by atoms with Crippen LogP contribution in [0, 0.1) is 0 Å². The fourth-order valence-electron chi connectivity index (χ4n) is 5.35. The van der Waals surface area contributed by atoms with Crippen molar-refractivity contribution in [3.05, 3.63) is 139 Å². The summed E-state index contributed by atoms with van der Waals surface area (Å²) < 4.78 is 0. The van der Waals surface area contributed by atoms with Gasteiger partial charge in [-0.15, -0.1) is 0 Å². The molecule has 2 nitrogen and oxygen atoms in total. The molecular weight excluding hydrogens is 445 g/mol. The molecule has 0 aromatic heterocycles. The third-order valence-corrected chi connectivity index (χ3v) is 9.60. The van der Waals surface area contributed by atoms with Crippen LogP contribution in [0.3, 0.4) is 0 Å². The van der Waals surface area contributed by atoms with Crippen molar-refractivity contribution in [3.63, 3.8) is 0 Å². The Morgan fingerprint density at radius 2 is 1.31 bits per heavy atom. The van der Waals surface area contributed by atoms with Crippen LogP contribution in [0.15, 0.2) is 132 Å². The lowest BCUT2D eigenvalue weighted by Gasteiger charge is -2.33. The number of rotatable bonds is 4. The second-order valence-electron chi connectivity index (χ2n) is 8.99. The van der Waals surface area contributed by atoms with Gasteiger partial charge in [-0.25, -0.2) is 0 Å². The zero-order valence-electron chi connectivity index (χ0n) is 19.4. The molecule has 1 fully saturated rings. The number of benzene rings is 5. The van der Waals surface area contributed by atoms with E-state index in [1.165, 1.54) is 21.6 Å². The Morgan fingerprint density at radius 1 is 0.657 bits per heavy atom. The van der Waals surface area contributed by atoms with Crippen molar-refractivity contribution in [2.24, 2.45) is 4.99 Å². The zero-order chi connectivity index (χ0) is 23.7. The number of nitrogens with zero attached hydrogens (tertiary/aromatic N) is 1. The van der Waals surface area contributed by atoms with E-state index in [-0.39, 0.29) is 0 Å². The van der Waals surface area contributed by atoms with Crippen molar-refractivity contribution in [2.75, 3.05) is 6.16 Å². The normalized spacial score (nSPS) is 20.9. The lowest BCUT2D eigenvalue weighted by atomic mass is 9.73. The highest BCUT2D eigenvalue weighted by Crippen LogP contribution is 2.59. The lowest BCUT2D eigenvalue weighted by molar-refractivity contribution is 0.458. The molecule has 3 heteroatoms. The molecule has 5 aromatic rings. The molecule has 0 spiro atoms. The van der Waals surface area contributed by atoms with Gasteiger partial charge in [0.05, 0.1) is 16.6 Å². The van der Waals surface area contributed by atoms with Crippen molar-refractivity contribution in [1.29, 1.82) is 0 Å². The molecular formula is C32H26NOP. The predicted octanol–water partition coefficient (Wildman–Crippen LogP) is 7.77. The van der Waals surface area contributed by atoms with Gasteiger partial charge in [-0.2, -0.15) is 0 Å². The van der Waals surface area contributed by atoms with Crippen LogP contribution in [-0.2, 0) is 5.41 Å². The van der Waals surface area contributed by atoms with Gasteiger partial charge in [0, 0.05) is 5.56 Å². The monoisotopic (exact) mass is 471 g/mol. The zero-order valence-corrected chi connectivity index (χ0v) is 20.3. The number of para-hydroxylation sites is 1.